The van der Waals surface area contributed by atoms with Crippen molar-refractivity contribution >= 4 is 29.0 Å². The molecule has 0 unspecified atom stereocenters. The molecule has 24 heavy (non-hydrogen) atoms. The molecule has 0 radical (unpaired) electrons. The summed E-state index contributed by atoms with van der Waals surface area (Å²) in [6, 6.07) is 6.91. The summed E-state index contributed by atoms with van der Waals surface area (Å²) in [5.41, 5.74) is 7.65. The molecular formula is C17H23N5O2. The molecule has 0 aliphatic heterocycles. The van der Waals surface area contributed by atoms with E-state index in [0.29, 0.717) is 29.5 Å². The molecule has 1 aromatic heterocycles. The van der Waals surface area contributed by atoms with Crippen LogP contribution in [0.25, 0.3) is 0 Å². The zero-order valence-electron chi connectivity index (χ0n) is 14.4. The summed E-state index contributed by atoms with van der Waals surface area (Å²) in [7, 11) is 0. The molecule has 128 valence electrons. The van der Waals surface area contributed by atoms with E-state index < -0.39 is 0 Å². The van der Waals surface area contributed by atoms with Crippen LogP contribution in [0.4, 0.5) is 23.0 Å². The molecule has 0 aliphatic rings. The summed E-state index contributed by atoms with van der Waals surface area (Å²) in [6.45, 7) is 8.19. The highest BCUT2D eigenvalue weighted by atomic mass is 16.5. The number of anilines is 4. The molecule has 0 fully saturated rings. The number of carbonyl (C=O) groups excluding carboxylic acids is 1. The van der Waals surface area contributed by atoms with Gasteiger partial charge in [-0.15, -0.1) is 0 Å². The Morgan fingerprint density at radius 2 is 1.79 bits per heavy atom. The highest BCUT2D eigenvalue weighted by Gasteiger charge is 2.15. The molecule has 7 nitrogen and oxygen atoms in total. The second kappa shape index (κ2) is 7.16. The fraction of sp³-hybridized carbons (Fsp3) is 0.353. The third kappa shape index (κ3) is 4.58. The number of benzene rings is 1. The van der Waals surface area contributed by atoms with Gasteiger partial charge in [0.1, 0.15) is 12.0 Å². The topological polar surface area (TPSA) is 102 Å². The van der Waals surface area contributed by atoms with Gasteiger partial charge < -0.3 is 21.1 Å². The maximum atomic E-state index is 11.7. The molecule has 2 aromatic rings. The molecule has 0 amide bonds. The van der Waals surface area contributed by atoms with Crippen molar-refractivity contribution in [1.82, 2.24) is 9.97 Å². The van der Waals surface area contributed by atoms with Gasteiger partial charge in [-0.1, -0.05) is 0 Å². The lowest BCUT2D eigenvalue weighted by atomic mass is 10.1. The molecule has 0 saturated carbocycles. The lowest BCUT2D eigenvalue weighted by Gasteiger charge is -2.22. The van der Waals surface area contributed by atoms with E-state index in [-0.39, 0.29) is 11.5 Å². The minimum absolute atomic E-state index is 0.166. The molecule has 1 aromatic carbocycles. The normalized spacial score (nSPS) is 11.0. The van der Waals surface area contributed by atoms with Crippen LogP contribution in [0.15, 0.2) is 30.6 Å². The quantitative estimate of drug-likeness (QED) is 0.724. The van der Waals surface area contributed by atoms with Crippen molar-refractivity contribution in [1.29, 1.82) is 0 Å². The van der Waals surface area contributed by atoms with E-state index in [1.54, 1.807) is 31.2 Å². The Morgan fingerprint density at radius 1 is 1.17 bits per heavy atom. The van der Waals surface area contributed by atoms with Crippen molar-refractivity contribution in [3.63, 3.8) is 0 Å². The number of ether oxygens (including phenoxy) is 1. The average molecular weight is 329 g/mol. The van der Waals surface area contributed by atoms with Gasteiger partial charge in [-0.3, -0.25) is 0 Å². The van der Waals surface area contributed by atoms with Gasteiger partial charge in [-0.2, -0.15) is 0 Å². The number of hydrogen-bond donors (Lipinski definition) is 3. The largest absolute Gasteiger partial charge is 0.462 e. The lowest BCUT2D eigenvalue weighted by Crippen LogP contribution is -2.27. The van der Waals surface area contributed by atoms with Gasteiger partial charge in [0.2, 0.25) is 0 Å². The molecule has 0 saturated heterocycles. The molecule has 0 atom stereocenters. The van der Waals surface area contributed by atoms with Gasteiger partial charge in [-0.05, 0) is 52.0 Å². The molecule has 7 heteroatoms. The van der Waals surface area contributed by atoms with Gasteiger partial charge in [0, 0.05) is 11.2 Å². The minimum atomic E-state index is -0.345. The van der Waals surface area contributed by atoms with E-state index >= 15 is 0 Å². The Kier molecular flexibility index (Phi) is 5.23. The van der Waals surface area contributed by atoms with Crippen LogP contribution in [-0.2, 0) is 4.74 Å². The smallest absolute Gasteiger partial charge is 0.338 e. The number of rotatable bonds is 5. The minimum Gasteiger partial charge on any atom is -0.462 e. The number of nitrogens with two attached hydrogens (primary N) is 1. The number of esters is 1. The number of hydrogen-bond acceptors (Lipinski definition) is 7. The Bertz CT molecular complexity index is 708. The van der Waals surface area contributed by atoms with E-state index in [0.717, 1.165) is 5.69 Å². The lowest BCUT2D eigenvalue weighted by molar-refractivity contribution is 0.0526. The maximum absolute atomic E-state index is 11.7. The Labute approximate surface area is 141 Å². The Balaban J connectivity index is 2.16. The molecule has 2 rings (SSSR count). The monoisotopic (exact) mass is 329 g/mol. The molecule has 0 spiro atoms. The molecule has 1 heterocycles. The standard InChI is InChI=1S/C17H23N5O2/c1-5-24-16(23)11-6-8-12(9-7-11)21-14-13(18)15(20-10-19-14)22-17(2,3)4/h6-10H,5,18H2,1-4H3,(H2,19,20,21,22). The third-order valence-corrected chi connectivity index (χ3v) is 3.04. The summed E-state index contributed by atoms with van der Waals surface area (Å²) >= 11 is 0. The zero-order chi connectivity index (χ0) is 17.7. The van der Waals surface area contributed by atoms with Gasteiger partial charge >= 0.3 is 5.97 Å². The van der Waals surface area contributed by atoms with E-state index in [1.165, 1.54) is 6.33 Å². The average Bonchev–Trinajstić information content (AvgIpc) is 2.51. The van der Waals surface area contributed by atoms with Gasteiger partial charge in [0.15, 0.2) is 11.6 Å². The number of nitrogens with one attached hydrogen (secondary N) is 2. The molecule has 0 aliphatic carbocycles. The van der Waals surface area contributed by atoms with Crippen molar-refractivity contribution in [3.05, 3.63) is 36.2 Å². The fourth-order valence-electron chi connectivity index (χ4n) is 1.99. The molecular weight excluding hydrogens is 306 g/mol. The number of carbonyl (C=O) groups is 1. The Hall–Kier alpha value is -2.83. The highest BCUT2D eigenvalue weighted by molar-refractivity contribution is 5.90. The highest BCUT2D eigenvalue weighted by Crippen LogP contribution is 2.27. The summed E-state index contributed by atoms with van der Waals surface area (Å²) in [4.78, 5) is 20.0. The van der Waals surface area contributed by atoms with E-state index in [4.69, 9.17) is 10.5 Å². The van der Waals surface area contributed by atoms with Crippen LogP contribution in [-0.4, -0.2) is 28.1 Å². The van der Waals surface area contributed by atoms with E-state index in [1.807, 2.05) is 20.8 Å². The summed E-state index contributed by atoms with van der Waals surface area (Å²) in [5.74, 6) is 0.728. The maximum Gasteiger partial charge on any atom is 0.338 e. The first-order chi connectivity index (χ1) is 11.3. The molecule has 4 N–H and O–H groups in total. The van der Waals surface area contributed by atoms with Gasteiger partial charge in [0.05, 0.1) is 12.2 Å². The SMILES string of the molecule is CCOC(=O)c1ccc(Nc2ncnc(NC(C)(C)C)c2N)cc1. The van der Waals surface area contributed by atoms with Crippen LogP contribution in [0.5, 0.6) is 0 Å². The van der Waals surface area contributed by atoms with Crippen LogP contribution < -0.4 is 16.4 Å². The van der Waals surface area contributed by atoms with Crippen LogP contribution in [0.3, 0.4) is 0 Å². The second-order valence-electron chi connectivity index (χ2n) is 6.28. The van der Waals surface area contributed by atoms with Crippen LogP contribution in [0, 0.1) is 0 Å². The first-order valence-electron chi connectivity index (χ1n) is 7.73. The number of nitrogens with zero attached hydrogens (tertiary/aromatic N) is 2. The third-order valence-electron chi connectivity index (χ3n) is 3.04. The van der Waals surface area contributed by atoms with Crippen molar-refractivity contribution in [2.24, 2.45) is 0 Å². The van der Waals surface area contributed by atoms with Crippen LogP contribution in [0.1, 0.15) is 38.1 Å². The van der Waals surface area contributed by atoms with Gasteiger partial charge in [-0.25, -0.2) is 14.8 Å². The van der Waals surface area contributed by atoms with Crippen LogP contribution in [0.2, 0.25) is 0 Å². The summed E-state index contributed by atoms with van der Waals surface area (Å²) in [6.07, 6.45) is 1.44. The summed E-state index contributed by atoms with van der Waals surface area (Å²) < 4.78 is 4.96. The Morgan fingerprint density at radius 3 is 2.38 bits per heavy atom. The number of aromatic nitrogens is 2. The van der Waals surface area contributed by atoms with E-state index in [2.05, 4.69) is 20.6 Å². The predicted molar refractivity (Wildman–Crippen MR) is 95.5 cm³/mol. The first kappa shape index (κ1) is 17.5. The van der Waals surface area contributed by atoms with Crippen molar-refractivity contribution in [3.8, 4) is 0 Å². The molecule has 0 bridgehead atoms. The number of nitrogen functional groups attached to an aromatic ring is 1. The first-order valence-corrected chi connectivity index (χ1v) is 7.73. The van der Waals surface area contributed by atoms with Crippen LogP contribution >= 0.6 is 0 Å². The van der Waals surface area contributed by atoms with Gasteiger partial charge in [0.25, 0.3) is 0 Å². The second-order valence-corrected chi connectivity index (χ2v) is 6.28. The van der Waals surface area contributed by atoms with Crippen molar-refractivity contribution in [2.75, 3.05) is 23.0 Å². The van der Waals surface area contributed by atoms with Crippen molar-refractivity contribution in [2.45, 2.75) is 33.2 Å². The van der Waals surface area contributed by atoms with E-state index in [9.17, 15) is 4.79 Å². The van der Waals surface area contributed by atoms with Crippen molar-refractivity contribution < 1.29 is 9.53 Å². The fourth-order valence-corrected chi connectivity index (χ4v) is 1.99. The summed E-state index contributed by atoms with van der Waals surface area (Å²) in [5, 5.41) is 6.36. The zero-order valence-corrected chi connectivity index (χ0v) is 14.4. The predicted octanol–water partition coefficient (Wildman–Crippen LogP) is 3.19.